The van der Waals surface area contributed by atoms with Crippen LogP contribution >= 0.6 is 0 Å². The van der Waals surface area contributed by atoms with Crippen LogP contribution in [0.25, 0.3) is 0 Å². The Labute approximate surface area is 83.9 Å². The zero-order chi connectivity index (χ0) is 8.97. The van der Waals surface area contributed by atoms with Gasteiger partial charge in [-0.15, -0.1) is 0 Å². The average molecular weight is 196 g/mol. The van der Waals surface area contributed by atoms with Crippen molar-refractivity contribution in [3.8, 4) is 0 Å². The molecule has 76 valence electrons. The maximum Gasteiger partial charge on any atom is 0.337 e. The number of carbonyl (C=O) groups excluding carboxylic acids is 1. The quantitative estimate of drug-likeness (QED) is 0.470. The van der Waals surface area contributed by atoms with Gasteiger partial charge in [0.05, 0.1) is 20.5 Å². The molecule has 4 N–H and O–H groups in total. The standard InChI is InChI=1S/C9H9BO2.2H2O/c1-12-9(11)8-4-2-7(6-10)3-5-8;;/h2-5H,6H2,1H3;2*1H2. The van der Waals surface area contributed by atoms with Gasteiger partial charge in [0.15, 0.2) is 0 Å². The average Bonchev–Trinajstić information content (AvgIpc) is 2.17. The van der Waals surface area contributed by atoms with Crippen molar-refractivity contribution in [2.45, 2.75) is 6.32 Å². The smallest absolute Gasteiger partial charge is 0.337 e. The van der Waals surface area contributed by atoms with E-state index in [0.29, 0.717) is 11.9 Å². The highest BCUT2D eigenvalue weighted by Crippen LogP contribution is 2.04. The highest BCUT2D eigenvalue weighted by molar-refractivity contribution is 6.08. The van der Waals surface area contributed by atoms with Crippen molar-refractivity contribution < 1.29 is 20.5 Å². The zero-order valence-corrected chi connectivity index (χ0v) is 7.91. The number of ether oxygens (including phenoxy) is 1. The molecule has 0 fully saturated rings. The van der Waals surface area contributed by atoms with E-state index < -0.39 is 0 Å². The van der Waals surface area contributed by atoms with Crippen molar-refractivity contribution in [1.29, 1.82) is 0 Å². The fourth-order valence-corrected chi connectivity index (χ4v) is 0.895. The van der Waals surface area contributed by atoms with Crippen molar-refractivity contribution in [3.05, 3.63) is 35.4 Å². The Balaban J connectivity index is 0. The molecule has 0 heterocycles. The molecule has 0 spiro atoms. The fraction of sp³-hybridized carbons (Fsp3) is 0.222. The van der Waals surface area contributed by atoms with Crippen LogP contribution < -0.4 is 0 Å². The van der Waals surface area contributed by atoms with E-state index in [2.05, 4.69) is 4.74 Å². The number of rotatable bonds is 2. The topological polar surface area (TPSA) is 89.3 Å². The van der Waals surface area contributed by atoms with Crippen LogP contribution in [0.15, 0.2) is 24.3 Å². The molecule has 1 rings (SSSR count). The molecule has 2 radical (unpaired) electrons. The van der Waals surface area contributed by atoms with Crippen LogP contribution in [0.1, 0.15) is 15.9 Å². The zero-order valence-electron chi connectivity index (χ0n) is 7.91. The molecule has 0 saturated carbocycles. The van der Waals surface area contributed by atoms with Crippen LogP contribution in [0.5, 0.6) is 0 Å². The van der Waals surface area contributed by atoms with Gasteiger partial charge in [0.25, 0.3) is 0 Å². The first kappa shape index (κ1) is 15.2. The monoisotopic (exact) mass is 196 g/mol. The molecule has 0 atom stereocenters. The Morgan fingerprint density at radius 1 is 1.29 bits per heavy atom. The lowest BCUT2D eigenvalue weighted by Crippen LogP contribution is -2.00. The number of methoxy groups -OCH3 is 1. The molecule has 0 saturated heterocycles. The lowest BCUT2D eigenvalue weighted by Gasteiger charge is -1.99. The molecule has 0 aliphatic rings. The maximum absolute atomic E-state index is 11.0. The molecule has 14 heavy (non-hydrogen) atoms. The summed E-state index contributed by atoms with van der Waals surface area (Å²) < 4.78 is 4.54. The van der Waals surface area contributed by atoms with Crippen molar-refractivity contribution >= 4 is 13.8 Å². The second-order valence-electron chi connectivity index (χ2n) is 2.39. The Morgan fingerprint density at radius 2 is 1.79 bits per heavy atom. The van der Waals surface area contributed by atoms with E-state index in [1.54, 1.807) is 12.1 Å². The predicted octanol–water partition coefficient (Wildman–Crippen LogP) is -0.508. The van der Waals surface area contributed by atoms with Gasteiger partial charge in [0, 0.05) is 0 Å². The number of carbonyl (C=O) groups is 1. The van der Waals surface area contributed by atoms with Gasteiger partial charge >= 0.3 is 5.97 Å². The third-order valence-electron chi connectivity index (χ3n) is 1.61. The Morgan fingerprint density at radius 3 is 2.14 bits per heavy atom. The minimum absolute atomic E-state index is 0. The molecule has 0 aliphatic carbocycles. The van der Waals surface area contributed by atoms with Crippen LogP contribution in [0.4, 0.5) is 0 Å². The molecule has 0 aromatic heterocycles. The number of hydrogen-bond donors (Lipinski definition) is 0. The summed E-state index contributed by atoms with van der Waals surface area (Å²) in [6.07, 6.45) is 0.488. The lowest BCUT2D eigenvalue weighted by molar-refractivity contribution is 0.0600. The Kier molecular flexibility index (Phi) is 7.70. The summed E-state index contributed by atoms with van der Waals surface area (Å²) in [5.41, 5.74) is 1.55. The van der Waals surface area contributed by atoms with Crippen molar-refractivity contribution in [2.24, 2.45) is 0 Å². The van der Waals surface area contributed by atoms with Crippen LogP contribution in [-0.4, -0.2) is 31.9 Å². The second kappa shape index (κ2) is 7.11. The first-order valence-electron chi connectivity index (χ1n) is 3.65. The van der Waals surface area contributed by atoms with E-state index in [-0.39, 0.29) is 16.9 Å². The highest BCUT2D eigenvalue weighted by Gasteiger charge is 2.02. The summed E-state index contributed by atoms with van der Waals surface area (Å²) in [6.45, 7) is 0. The Hall–Kier alpha value is -1.33. The van der Waals surface area contributed by atoms with Crippen molar-refractivity contribution in [1.82, 2.24) is 0 Å². The van der Waals surface area contributed by atoms with Crippen molar-refractivity contribution in [2.75, 3.05) is 7.11 Å². The summed E-state index contributed by atoms with van der Waals surface area (Å²) in [5, 5.41) is 0. The summed E-state index contributed by atoms with van der Waals surface area (Å²) in [7, 11) is 6.75. The third kappa shape index (κ3) is 3.59. The van der Waals surface area contributed by atoms with Gasteiger partial charge in [-0.1, -0.05) is 24.0 Å². The molecule has 0 unspecified atom stereocenters. The number of hydrogen-bond acceptors (Lipinski definition) is 2. The van der Waals surface area contributed by atoms with Gasteiger partial charge in [0.1, 0.15) is 0 Å². The molecule has 0 amide bonds. The predicted molar refractivity (Wildman–Crippen MR) is 54.5 cm³/mol. The van der Waals surface area contributed by atoms with E-state index in [9.17, 15) is 4.79 Å². The fourth-order valence-electron chi connectivity index (χ4n) is 0.895. The first-order chi connectivity index (χ1) is 5.77. The van der Waals surface area contributed by atoms with Gasteiger partial charge < -0.3 is 15.7 Å². The second-order valence-corrected chi connectivity index (χ2v) is 2.39. The van der Waals surface area contributed by atoms with Gasteiger partial charge in [-0.25, -0.2) is 4.79 Å². The largest absolute Gasteiger partial charge is 0.465 e. The van der Waals surface area contributed by atoms with Crippen LogP contribution in [0.2, 0.25) is 0 Å². The van der Waals surface area contributed by atoms with E-state index in [1.807, 2.05) is 12.1 Å². The molecule has 0 bridgehead atoms. The molecule has 5 heteroatoms. The van der Waals surface area contributed by atoms with Gasteiger partial charge in [0.2, 0.25) is 0 Å². The van der Waals surface area contributed by atoms with E-state index in [0.717, 1.165) is 5.56 Å². The van der Waals surface area contributed by atoms with Crippen molar-refractivity contribution in [3.63, 3.8) is 0 Å². The molecule has 1 aromatic carbocycles. The highest BCUT2D eigenvalue weighted by atomic mass is 16.5. The van der Waals surface area contributed by atoms with Gasteiger partial charge in [-0.3, -0.25) is 0 Å². The third-order valence-corrected chi connectivity index (χ3v) is 1.61. The summed E-state index contributed by atoms with van der Waals surface area (Å²) in [6, 6.07) is 7.03. The van der Waals surface area contributed by atoms with Gasteiger partial charge in [-0.2, -0.15) is 0 Å². The molecular weight excluding hydrogens is 183 g/mol. The van der Waals surface area contributed by atoms with E-state index in [4.69, 9.17) is 7.85 Å². The molecule has 0 aliphatic heterocycles. The van der Waals surface area contributed by atoms with Crippen LogP contribution in [0.3, 0.4) is 0 Å². The summed E-state index contributed by atoms with van der Waals surface area (Å²) in [4.78, 5) is 11.0. The SMILES string of the molecule is O.O.[B]Cc1ccc(C(=O)OC)cc1. The normalized spacial score (nSPS) is 8.07. The first-order valence-corrected chi connectivity index (χ1v) is 3.65. The van der Waals surface area contributed by atoms with Crippen LogP contribution in [0, 0.1) is 0 Å². The summed E-state index contributed by atoms with van der Waals surface area (Å²) in [5.74, 6) is -0.321. The lowest BCUT2D eigenvalue weighted by atomic mass is 9.96. The van der Waals surface area contributed by atoms with E-state index >= 15 is 0 Å². The van der Waals surface area contributed by atoms with E-state index in [1.165, 1.54) is 7.11 Å². The molecule has 1 aromatic rings. The Bertz CT molecular complexity index is 271. The molecular formula is C9H13BO4. The number of esters is 1. The minimum atomic E-state index is -0.321. The summed E-state index contributed by atoms with van der Waals surface area (Å²) >= 11 is 0. The number of benzene rings is 1. The molecule has 4 nitrogen and oxygen atoms in total. The maximum atomic E-state index is 11.0. The van der Waals surface area contributed by atoms with Gasteiger partial charge in [-0.05, 0) is 12.1 Å². The van der Waals surface area contributed by atoms with Crippen LogP contribution in [-0.2, 0) is 11.1 Å². The minimum Gasteiger partial charge on any atom is -0.465 e.